The molecule has 1 heterocycles. The van der Waals surface area contributed by atoms with E-state index in [0.717, 1.165) is 23.3 Å². The Labute approximate surface area is 132 Å². The molecule has 6 heteroatoms. The van der Waals surface area contributed by atoms with E-state index in [1.807, 2.05) is 12.2 Å². The Bertz CT molecular complexity index is 713. The molecule has 1 aromatic carbocycles. The average Bonchev–Trinajstić information content (AvgIpc) is 3.00. The summed E-state index contributed by atoms with van der Waals surface area (Å²) in [5, 5.41) is 4.07. The van der Waals surface area contributed by atoms with Crippen molar-refractivity contribution >= 4 is 0 Å². The van der Waals surface area contributed by atoms with E-state index < -0.39 is 11.7 Å². The van der Waals surface area contributed by atoms with Gasteiger partial charge in [-0.05, 0) is 29.2 Å². The van der Waals surface area contributed by atoms with Gasteiger partial charge in [-0.1, -0.05) is 37.3 Å². The van der Waals surface area contributed by atoms with E-state index in [4.69, 9.17) is 0 Å². The second-order valence-electron chi connectivity index (χ2n) is 5.70. The van der Waals surface area contributed by atoms with E-state index >= 15 is 0 Å². The minimum absolute atomic E-state index is 0.0804. The van der Waals surface area contributed by atoms with E-state index in [2.05, 4.69) is 23.1 Å². The molecule has 0 saturated carbocycles. The molecule has 0 bridgehead atoms. The number of hydrogen-bond acceptors (Lipinski definition) is 2. The molecule has 2 aromatic rings. The van der Waals surface area contributed by atoms with Crippen molar-refractivity contribution in [3.63, 3.8) is 0 Å². The second kappa shape index (κ2) is 6.02. The summed E-state index contributed by atoms with van der Waals surface area (Å²) < 4.78 is 39.6. The molecule has 0 spiro atoms. The maximum atomic E-state index is 12.6. The van der Waals surface area contributed by atoms with Crippen LogP contribution in [0.15, 0.2) is 60.7 Å². The number of aromatic nitrogens is 3. The first-order chi connectivity index (χ1) is 10.9. The normalized spacial score (nSPS) is 21.3. The molecule has 0 radical (unpaired) electrons. The summed E-state index contributed by atoms with van der Waals surface area (Å²) in [4.78, 5) is 3.91. The highest BCUT2D eigenvalue weighted by Crippen LogP contribution is 2.34. The lowest BCUT2D eigenvalue weighted by Crippen LogP contribution is -2.12. The van der Waals surface area contributed by atoms with Crippen molar-refractivity contribution in [3.05, 3.63) is 71.8 Å². The lowest BCUT2D eigenvalue weighted by Gasteiger charge is -2.24. The topological polar surface area (TPSA) is 30.7 Å². The number of allylic oxidation sites excluding steroid dienone is 4. The molecule has 1 aliphatic carbocycles. The molecule has 3 rings (SSSR count). The Morgan fingerprint density at radius 3 is 2.48 bits per heavy atom. The van der Waals surface area contributed by atoms with Gasteiger partial charge in [0.1, 0.15) is 12.7 Å². The van der Waals surface area contributed by atoms with E-state index in [1.54, 1.807) is 23.1 Å². The van der Waals surface area contributed by atoms with Crippen LogP contribution in [0.2, 0.25) is 0 Å². The third kappa shape index (κ3) is 3.52. The zero-order chi connectivity index (χ0) is 16.4. The monoisotopic (exact) mass is 319 g/mol. The van der Waals surface area contributed by atoms with Crippen molar-refractivity contribution in [1.29, 1.82) is 0 Å². The SMILES string of the molecule is CC1C=C(Cn2cncn2)C=CC1c1ccc(C(F)(F)F)cc1. The minimum atomic E-state index is -4.29. The van der Waals surface area contributed by atoms with Gasteiger partial charge in [-0.15, -0.1) is 0 Å². The number of alkyl halides is 3. The molecule has 1 aliphatic rings. The van der Waals surface area contributed by atoms with Crippen LogP contribution in [-0.2, 0) is 12.7 Å². The Balaban J connectivity index is 1.73. The lowest BCUT2D eigenvalue weighted by atomic mass is 9.82. The summed E-state index contributed by atoms with van der Waals surface area (Å²) in [7, 11) is 0. The fourth-order valence-electron chi connectivity index (χ4n) is 2.82. The second-order valence-corrected chi connectivity index (χ2v) is 5.70. The molecule has 3 nitrogen and oxygen atoms in total. The Hall–Kier alpha value is -2.37. The molecule has 0 amide bonds. The highest BCUT2D eigenvalue weighted by Gasteiger charge is 2.30. The van der Waals surface area contributed by atoms with Crippen LogP contribution in [0.1, 0.15) is 24.0 Å². The number of halogens is 3. The summed E-state index contributed by atoms with van der Waals surface area (Å²) >= 11 is 0. The molecule has 120 valence electrons. The maximum absolute atomic E-state index is 12.6. The Morgan fingerprint density at radius 2 is 1.91 bits per heavy atom. The first-order valence-corrected chi connectivity index (χ1v) is 7.32. The van der Waals surface area contributed by atoms with Crippen LogP contribution < -0.4 is 0 Å². The fourth-order valence-corrected chi connectivity index (χ4v) is 2.82. The smallest absolute Gasteiger partial charge is 0.249 e. The van der Waals surface area contributed by atoms with Gasteiger partial charge in [-0.2, -0.15) is 18.3 Å². The van der Waals surface area contributed by atoms with Crippen molar-refractivity contribution < 1.29 is 13.2 Å². The Kier molecular flexibility index (Phi) is 4.07. The predicted octanol–water partition coefficient (Wildman–Crippen LogP) is 4.21. The van der Waals surface area contributed by atoms with Gasteiger partial charge in [0.15, 0.2) is 0 Å². The summed E-state index contributed by atoms with van der Waals surface area (Å²) in [6, 6.07) is 5.41. The molecule has 0 aliphatic heterocycles. The van der Waals surface area contributed by atoms with Crippen LogP contribution in [-0.4, -0.2) is 14.8 Å². The number of rotatable bonds is 3. The molecular weight excluding hydrogens is 303 g/mol. The molecule has 0 fully saturated rings. The maximum Gasteiger partial charge on any atom is 0.416 e. The quantitative estimate of drug-likeness (QED) is 0.848. The minimum Gasteiger partial charge on any atom is -0.249 e. The first kappa shape index (κ1) is 15.5. The summed E-state index contributed by atoms with van der Waals surface area (Å²) in [5.41, 5.74) is 1.39. The van der Waals surface area contributed by atoms with Gasteiger partial charge in [0, 0.05) is 5.92 Å². The molecule has 1 aromatic heterocycles. The molecule has 2 atom stereocenters. The zero-order valence-electron chi connectivity index (χ0n) is 12.5. The van der Waals surface area contributed by atoms with Crippen LogP contribution >= 0.6 is 0 Å². The lowest BCUT2D eigenvalue weighted by molar-refractivity contribution is -0.137. The molecule has 23 heavy (non-hydrogen) atoms. The number of benzene rings is 1. The summed E-state index contributed by atoms with van der Waals surface area (Å²) in [6.45, 7) is 2.70. The van der Waals surface area contributed by atoms with Crippen LogP contribution in [0.3, 0.4) is 0 Å². The molecule has 0 saturated heterocycles. The fraction of sp³-hybridized carbons (Fsp3) is 0.294. The zero-order valence-corrected chi connectivity index (χ0v) is 12.5. The largest absolute Gasteiger partial charge is 0.416 e. The molecular formula is C17H16F3N3. The Morgan fingerprint density at radius 1 is 1.17 bits per heavy atom. The molecule has 0 N–H and O–H groups in total. The third-order valence-corrected chi connectivity index (χ3v) is 4.00. The van der Waals surface area contributed by atoms with Gasteiger partial charge in [-0.3, -0.25) is 0 Å². The van der Waals surface area contributed by atoms with Crippen molar-refractivity contribution in [2.75, 3.05) is 0 Å². The van der Waals surface area contributed by atoms with E-state index in [-0.39, 0.29) is 11.8 Å². The summed E-state index contributed by atoms with van der Waals surface area (Å²) in [5.74, 6) is 0.284. The summed E-state index contributed by atoms with van der Waals surface area (Å²) in [6.07, 6.45) is 5.02. The van der Waals surface area contributed by atoms with E-state index in [9.17, 15) is 13.2 Å². The third-order valence-electron chi connectivity index (χ3n) is 4.00. The van der Waals surface area contributed by atoms with E-state index in [1.165, 1.54) is 6.33 Å². The van der Waals surface area contributed by atoms with Crippen LogP contribution in [0.4, 0.5) is 13.2 Å². The predicted molar refractivity (Wildman–Crippen MR) is 80.6 cm³/mol. The van der Waals surface area contributed by atoms with Gasteiger partial charge in [0.05, 0.1) is 12.1 Å². The van der Waals surface area contributed by atoms with Gasteiger partial charge in [0.25, 0.3) is 0 Å². The first-order valence-electron chi connectivity index (χ1n) is 7.32. The standard InChI is InChI=1S/C17H16F3N3/c1-12-8-13(9-23-11-21-10-22-23)2-7-16(12)14-3-5-15(6-4-14)17(18,19)20/h2-8,10-12,16H,9H2,1H3. The highest BCUT2D eigenvalue weighted by molar-refractivity contribution is 5.36. The number of hydrogen-bond donors (Lipinski definition) is 0. The molecule has 2 unspecified atom stereocenters. The van der Waals surface area contributed by atoms with Crippen LogP contribution in [0.5, 0.6) is 0 Å². The van der Waals surface area contributed by atoms with Gasteiger partial charge in [-0.25, -0.2) is 9.67 Å². The van der Waals surface area contributed by atoms with E-state index in [0.29, 0.717) is 6.54 Å². The number of nitrogens with zero attached hydrogens (tertiary/aromatic N) is 3. The van der Waals surface area contributed by atoms with Gasteiger partial charge < -0.3 is 0 Å². The van der Waals surface area contributed by atoms with Gasteiger partial charge in [0.2, 0.25) is 0 Å². The van der Waals surface area contributed by atoms with Crippen LogP contribution in [0.25, 0.3) is 0 Å². The van der Waals surface area contributed by atoms with Crippen molar-refractivity contribution in [2.24, 2.45) is 5.92 Å². The average molecular weight is 319 g/mol. The van der Waals surface area contributed by atoms with Crippen molar-refractivity contribution in [1.82, 2.24) is 14.8 Å². The van der Waals surface area contributed by atoms with Crippen LogP contribution in [0, 0.1) is 5.92 Å². The van der Waals surface area contributed by atoms with Crippen molar-refractivity contribution in [2.45, 2.75) is 25.6 Å². The van der Waals surface area contributed by atoms with Gasteiger partial charge >= 0.3 is 6.18 Å². The highest BCUT2D eigenvalue weighted by atomic mass is 19.4. The van der Waals surface area contributed by atoms with Crippen molar-refractivity contribution in [3.8, 4) is 0 Å².